The number of hydrogen-bond acceptors (Lipinski definition) is 5. The predicted octanol–water partition coefficient (Wildman–Crippen LogP) is 4.55. The molecule has 0 bridgehead atoms. The highest BCUT2D eigenvalue weighted by Gasteiger charge is 2.25. The minimum absolute atomic E-state index is 0.0931. The summed E-state index contributed by atoms with van der Waals surface area (Å²) in [5, 5.41) is 14.2. The molecular weight excluding hydrogens is 476 g/mol. The Labute approximate surface area is 189 Å². The predicted molar refractivity (Wildman–Crippen MR) is 125 cm³/mol. The van der Waals surface area contributed by atoms with Crippen LogP contribution >= 0.6 is 15.9 Å². The van der Waals surface area contributed by atoms with Gasteiger partial charge in [-0.3, -0.25) is 24.3 Å². The quantitative estimate of drug-likeness (QED) is 0.258. The highest BCUT2D eigenvalue weighted by Crippen LogP contribution is 2.35. The van der Waals surface area contributed by atoms with E-state index in [4.69, 9.17) is 0 Å². The lowest BCUT2D eigenvalue weighted by Crippen LogP contribution is -2.22. The molecule has 0 radical (unpaired) electrons. The van der Waals surface area contributed by atoms with Crippen molar-refractivity contribution in [3.8, 4) is 5.69 Å². The molecule has 0 saturated heterocycles. The van der Waals surface area contributed by atoms with Crippen LogP contribution in [-0.2, 0) is 4.79 Å². The molecule has 1 aliphatic rings. The summed E-state index contributed by atoms with van der Waals surface area (Å²) in [5.41, 5.74) is 2.15. The Bertz CT molecular complexity index is 1520. The SMILES string of the molecule is O=C1Nc2ccc(Br)cc2C1=Cc1nc2ccccc2c(=O)n1-c1ccc([N+](=O)[O-])cc1. The normalized spacial score (nSPS) is 13.9. The number of amides is 1. The van der Waals surface area contributed by atoms with Crippen LogP contribution in [0.1, 0.15) is 11.4 Å². The molecule has 3 aromatic carbocycles. The molecular formula is C23H13BrN4O4. The Kier molecular flexibility index (Phi) is 4.67. The van der Waals surface area contributed by atoms with Crippen LogP contribution in [0.25, 0.3) is 28.2 Å². The van der Waals surface area contributed by atoms with Gasteiger partial charge < -0.3 is 5.32 Å². The van der Waals surface area contributed by atoms with Gasteiger partial charge in [-0.1, -0.05) is 28.1 Å². The Morgan fingerprint density at radius 2 is 1.78 bits per heavy atom. The largest absolute Gasteiger partial charge is 0.321 e. The third-order valence-corrected chi connectivity index (χ3v) is 5.65. The van der Waals surface area contributed by atoms with Gasteiger partial charge in [0.15, 0.2) is 0 Å². The fourth-order valence-corrected chi connectivity index (χ4v) is 4.01. The molecule has 0 unspecified atom stereocenters. The topological polar surface area (TPSA) is 107 Å². The van der Waals surface area contributed by atoms with Gasteiger partial charge in [-0.15, -0.1) is 0 Å². The van der Waals surface area contributed by atoms with Crippen molar-refractivity contribution in [1.82, 2.24) is 9.55 Å². The maximum absolute atomic E-state index is 13.4. The van der Waals surface area contributed by atoms with E-state index in [1.807, 2.05) is 12.1 Å². The molecule has 0 fully saturated rings. The minimum atomic E-state index is -0.508. The molecule has 1 amide bonds. The van der Waals surface area contributed by atoms with Crippen LogP contribution in [0.2, 0.25) is 0 Å². The van der Waals surface area contributed by atoms with E-state index < -0.39 is 4.92 Å². The van der Waals surface area contributed by atoms with Gasteiger partial charge in [0.1, 0.15) is 5.82 Å². The number of anilines is 1. The zero-order chi connectivity index (χ0) is 22.4. The lowest BCUT2D eigenvalue weighted by atomic mass is 10.1. The molecule has 4 aromatic rings. The van der Waals surface area contributed by atoms with E-state index in [2.05, 4.69) is 26.2 Å². The fourth-order valence-electron chi connectivity index (χ4n) is 3.65. The van der Waals surface area contributed by atoms with Crippen molar-refractivity contribution < 1.29 is 9.72 Å². The van der Waals surface area contributed by atoms with Crippen LogP contribution in [0.15, 0.2) is 76.0 Å². The number of nitrogens with one attached hydrogen (secondary N) is 1. The number of nitro groups is 1. The first kappa shape index (κ1) is 19.8. The zero-order valence-corrected chi connectivity index (χ0v) is 17.9. The van der Waals surface area contributed by atoms with Crippen LogP contribution in [0.4, 0.5) is 11.4 Å². The smallest absolute Gasteiger partial charge is 0.269 e. The van der Waals surface area contributed by atoms with E-state index in [1.165, 1.54) is 28.8 Å². The van der Waals surface area contributed by atoms with Crippen molar-refractivity contribution in [2.75, 3.05) is 5.32 Å². The van der Waals surface area contributed by atoms with E-state index >= 15 is 0 Å². The first-order chi connectivity index (χ1) is 15.4. The summed E-state index contributed by atoms with van der Waals surface area (Å²) in [5.74, 6) is -0.0729. The molecule has 32 heavy (non-hydrogen) atoms. The summed E-state index contributed by atoms with van der Waals surface area (Å²) in [4.78, 5) is 41.2. The summed E-state index contributed by atoms with van der Waals surface area (Å²) in [6, 6.07) is 17.9. The number of rotatable bonds is 3. The highest BCUT2D eigenvalue weighted by atomic mass is 79.9. The number of fused-ring (bicyclic) bond motifs is 2. The Hall–Kier alpha value is -4.11. The van der Waals surface area contributed by atoms with Crippen molar-refractivity contribution in [3.63, 3.8) is 0 Å². The molecule has 0 saturated carbocycles. The second-order valence-corrected chi connectivity index (χ2v) is 8.02. The Morgan fingerprint density at radius 3 is 2.53 bits per heavy atom. The van der Waals surface area contributed by atoms with Crippen molar-refractivity contribution in [2.24, 2.45) is 0 Å². The first-order valence-corrected chi connectivity index (χ1v) is 10.3. The average molecular weight is 489 g/mol. The number of nitro benzene ring substituents is 1. The number of aromatic nitrogens is 2. The van der Waals surface area contributed by atoms with Gasteiger partial charge in [0.2, 0.25) is 0 Å². The van der Waals surface area contributed by atoms with Gasteiger partial charge in [0.25, 0.3) is 17.2 Å². The van der Waals surface area contributed by atoms with Crippen LogP contribution < -0.4 is 10.9 Å². The lowest BCUT2D eigenvalue weighted by Gasteiger charge is -2.12. The van der Waals surface area contributed by atoms with E-state index in [0.29, 0.717) is 33.4 Å². The number of halogens is 1. The van der Waals surface area contributed by atoms with E-state index in [9.17, 15) is 19.7 Å². The summed E-state index contributed by atoms with van der Waals surface area (Å²) in [6.07, 6.45) is 1.56. The number of carbonyl (C=O) groups excluding carboxylic acids is 1. The highest BCUT2D eigenvalue weighted by molar-refractivity contribution is 9.10. The number of hydrogen-bond donors (Lipinski definition) is 1. The van der Waals surface area contributed by atoms with Crippen molar-refractivity contribution in [3.05, 3.63) is 103 Å². The average Bonchev–Trinajstić information content (AvgIpc) is 3.08. The second-order valence-electron chi connectivity index (χ2n) is 7.10. The number of benzene rings is 3. The van der Waals surface area contributed by atoms with E-state index in [-0.39, 0.29) is 23.0 Å². The maximum atomic E-state index is 13.4. The lowest BCUT2D eigenvalue weighted by molar-refractivity contribution is -0.384. The number of para-hydroxylation sites is 1. The van der Waals surface area contributed by atoms with Gasteiger partial charge in [-0.2, -0.15) is 0 Å². The summed E-state index contributed by atoms with van der Waals surface area (Å²) >= 11 is 3.42. The molecule has 8 nitrogen and oxygen atoms in total. The van der Waals surface area contributed by atoms with Gasteiger partial charge in [-0.25, -0.2) is 4.98 Å². The van der Waals surface area contributed by atoms with Gasteiger partial charge in [0, 0.05) is 27.9 Å². The van der Waals surface area contributed by atoms with Gasteiger partial charge in [-0.05, 0) is 48.5 Å². The van der Waals surface area contributed by atoms with Crippen LogP contribution in [0, 0.1) is 10.1 Å². The second kappa shape index (κ2) is 7.54. The third kappa shape index (κ3) is 3.28. The molecule has 1 N–H and O–H groups in total. The third-order valence-electron chi connectivity index (χ3n) is 5.16. The monoisotopic (exact) mass is 488 g/mol. The van der Waals surface area contributed by atoms with Crippen molar-refractivity contribution in [1.29, 1.82) is 0 Å². The molecule has 0 aliphatic carbocycles. The van der Waals surface area contributed by atoms with E-state index in [0.717, 1.165) is 4.47 Å². The van der Waals surface area contributed by atoms with Crippen LogP contribution in [0.5, 0.6) is 0 Å². The number of carbonyl (C=O) groups is 1. The summed E-state index contributed by atoms with van der Waals surface area (Å²) in [6.45, 7) is 0. The van der Waals surface area contributed by atoms with Crippen LogP contribution in [-0.4, -0.2) is 20.4 Å². The van der Waals surface area contributed by atoms with Gasteiger partial charge in [0.05, 0.1) is 27.1 Å². The maximum Gasteiger partial charge on any atom is 0.269 e. The molecule has 9 heteroatoms. The molecule has 5 rings (SSSR count). The molecule has 1 aromatic heterocycles. The Morgan fingerprint density at radius 1 is 1.03 bits per heavy atom. The first-order valence-electron chi connectivity index (χ1n) is 9.52. The summed E-state index contributed by atoms with van der Waals surface area (Å²) < 4.78 is 2.15. The zero-order valence-electron chi connectivity index (χ0n) is 16.3. The minimum Gasteiger partial charge on any atom is -0.321 e. The van der Waals surface area contributed by atoms with E-state index in [1.54, 1.807) is 36.4 Å². The molecule has 156 valence electrons. The van der Waals surface area contributed by atoms with Crippen LogP contribution in [0.3, 0.4) is 0 Å². The fraction of sp³-hybridized carbons (Fsp3) is 0. The van der Waals surface area contributed by atoms with Crippen molar-refractivity contribution >= 4 is 55.8 Å². The molecule has 0 spiro atoms. The number of non-ortho nitro benzene ring substituents is 1. The van der Waals surface area contributed by atoms with Gasteiger partial charge >= 0.3 is 0 Å². The Balaban J connectivity index is 1.78. The molecule has 1 aliphatic heterocycles. The summed E-state index contributed by atoms with van der Waals surface area (Å²) in [7, 11) is 0. The standard InChI is InChI=1S/C23H13BrN4O4/c24-13-5-10-20-17(11-13)18(22(29)26-20)12-21-25-19-4-2-1-3-16(19)23(30)27(21)14-6-8-15(9-7-14)28(31)32/h1-12H,(H,26,29). The molecule has 2 heterocycles. The molecule has 0 atom stereocenters. The number of nitrogens with zero attached hydrogens (tertiary/aromatic N) is 3. The van der Waals surface area contributed by atoms with Crippen molar-refractivity contribution in [2.45, 2.75) is 0 Å².